The Morgan fingerprint density at radius 2 is 1.67 bits per heavy atom. The zero-order valence-electron chi connectivity index (χ0n) is 16.1. The Morgan fingerprint density at radius 1 is 0.963 bits per heavy atom. The predicted octanol–water partition coefficient (Wildman–Crippen LogP) is 6.12. The van der Waals surface area contributed by atoms with Gasteiger partial charge in [-0.15, -0.1) is 0 Å². The Morgan fingerprint density at radius 3 is 2.37 bits per heavy atom. The second kappa shape index (κ2) is 11.7. The number of rotatable bonds is 11. The molecule has 2 aromatic rings. The SMILES string of the molecule is CCCCCCCOc1ccc(NC(=O)COc2ccc(Br)c(C)c2)cc1. The van der Waals surface area contributed by atoms with Gasteiger partial charge in [-0.25, -0.2) is 0 Å². The van der Waals surface area contributed by atoms with Crippen molar-refractivity contribution < 1.29 is 14.3 Å². The van der Waals surface area contributed by atoms with E-state index >= 15 is 0 Å². The lowest BCUT2D eigenvalue weighted by Gasteiger charge is -2.10. The minimum absolute atomic E-state index is 0.0307. The highest BCUT2D eigenvalue weighted by atomic mass is 79.9. The molecule has 0 radical (unpaired) electrons. The molecule has 0 saturated carbocycles. The number of unbranched alkanes of at least 4 members (excludes halogenated alkanes) is 4. The van der Waals surface area contributed by atoms with E-state index in [1.807, 2.05) is 49.4 Å². The second-order valence-electron chi connectivity index (χ2n) is 6.53. The predicted molar refractivity (Wildman–Crippen MR) is 114 cm³/mol. The fraction of sp³-hybridized carbons (Fsp3) is 0.409. The molecule has 0 spiro atoms. The van der Waals surface area contributed by atoms with Gasteiger partial charge in [-0.05, 0) is 61.4 Å². The highest BCUT2D eigenvalue weighted by Crippen LogP contribution is 2.21. The maximum Gasteiger partial charge on any atom is 0.262 e. The minimum atomic E-state index is -0.194. The summed E-state index contributed by atoms with van der Waals surface area (Å²) in [5, 5.41) is 2.83. The third kappa shape index (κ3) is 8.04. The van der Waals surface area contributed by atoms with Gasteiger partial charge in [0.2, 0.25) is 0 Å². The average molecular weight is 434 g/mol. The minimum Gasteiger partial charge on any atom is -0.494 e. The lowest BCUT2D eigenvalue weighted by Crippen LogP contribution is -2.20. The third-order valence-corrected chi connectivity index (χ3v) is 5.04. The molecule has 5 heteroatoms. The Kier molecular flexibility index (Phi) is 9.19. The number of ether oxygens (including phenoxy) is 2. The number of hydrogen-bond donors (Lipinski definition) is 1. The van der Waals surface area contributed by atoms with Crippen LogP contribution in [0.2, 0.25) is 0 Å². The van der Waals surface area contributed by atoms with Gasteiger partial charge >= 0.3 is 0 Å². The van der Waals surface area contributed by atoms with E-state index in [4.69, 9.17) is 9.47 Å². The van der Waals surface area contributed by atoms with Gasteiger partial charge in [0.25, 0.3) is 5.91 Å². The lowest BCUT2D eigenvalue weighted by atomic mass is 10.2. The van der Waals surface area contributed by atoms with Crippen LogP contribution < -0.4 is 14.8 Å². The molecule has 0 heterocycles. The highest BCUT2D eigenvalue weighted by Gasteiger charge is 2.05. The van der Waals surface area contributed by atoms with Crippen LogP contribution >= 0.6 is 15.9 Å². The largest absolute Gasteiger partial charge is 0.494 e. The Bertz CT molecular complexity index is 716. The van der Waals surface area contributed by atoms with Crippen LogP contribution in [-0.2, 0) is 4.79 Å². The molecule has 2 aromatic carbocycles. The van der Waals surface area contributed by atoms with E-state index in [1.54, 1.807) is 0 Å². The summed E-state index contributed by atoms with van der Waals surface area (Å²) in [6, 6.07) is 13.1. The van der Waals surface area contributed by atoms with Crippen molar-refractivity contribution in [2.75, 3.05) is 18.5 Å². The van der Waals surface area contributed by atoms with Gasteiger partial charge in [0.15, 0.2) is 6.61 Å². The van der Waals surface area contributed by atoms with Gasteiger partial charge in [-0.1, -0.05) is 48.5 Å². The molecule has 0 aromatic heterocycles. The summed E-state index contributed by atoms with van der Waals surface area (Å²) in [6.45, 7) is 4.89. The maximum absolute atomic E-state index is 12.0. The molecule has 0 bridgehead atoms. The molecule has 1 N–H and O–H groups in total. The molecular formula is C22H28BrNO3. The molecule has 1 amide bonds. The topological polar surface area (TPSA) is 47.6 Å². The molecule has 4 nitrogen and oxygen atoms in total. The van der Waals surface area contributed by atoms with Gasteiger partial charge in [-0.2, -0.15) is 0 Å². The zero-order chi connectivity index (χ0) is 19.5. The second-order valence-corrected chi connectivity index (χ2v) is 7.39. The molecule has 2 rings (SSSR count). The third-order valence-electron chi connectivity index (χ3n) is 4.15. The first-order valence-corrected chi connectivity index (χ1v) is 10.3. The summed E-state index contributed by atoms with van der Waals surface area (Å²) in [6.07, 6.45) is 6.10. The molecule has 146 valence electrons. The van der Waals surface area contributed by atoms with Gasteiger partial charge in [0.1, 0.15) is 11.5 Å². The van der Waals surface area contributed by atoms with Crippen molar-refractivity contribution >= 4 is 27.5 Å². The molecule has 0 fully saturated rings. The van der Waals surface area contributed by atoms with Crippen LogP contribution in [0.3, 0.4) is 0 Å². The number of carbonyl (C=O) groups excluding carboxylic acids is 1. The summed E-state index contributed by atoms with van der Waals surface area (Å²) in [7, 11) is 0. The Balaban J connectivity index is 1.70. The summed E-state index contributed by atoms with van der Waals surface area (Å²) < 4.78 is 12.3. The zero-order valence-corrected chi connectivity index (χ0v) is 17.7. The van der Waals surface area contributed by atoms with Crippen LogP contribution in [0.25, 0.3) is 0 Å². The first-order chi connectivity index (χ1) is 13.1. The molecule has 0 atom stereocenters. The average Bonchev–Trinajstić information content (AvgIpc) is 2.67. The summed E-state index contributed by atoms with van der Waals surface area (Å²) in [5.41, 5.74) is 1.79. The van der Waals surface area contributed by atoms with E-state index in [2.05, 4.69) is 28.2 Å². The molecule has 0 saturated heterocycles. The summed E-state index contributed by atoms with van der Waals surface area (Å²) in [4.78, 5) is 12.0. The van der Waals surface area contributed by atoms with Crippen molar-refractivity contribution in [3.63, 3.8) is 0 Å². The van der Waals surface area contributed by atoms with Crippen molar-refractivity contribution in [2.24, 2.45) is 0 Å². The van der Waals surface area contributed by atoms with Crippen LogP contribution in [-0.4, -0.2) is 19.1 Å². The maximum atomic E-state index is 12.0. The fourth-order valence-corrected chi connectivity index (χ4v) is 2.83. The van der Waals surface area contributed by atoms with Crippen molar-refractivity contribution in [3.05, 3.63) is 52.5 Å². The molecule has 0 aliphatic rings. The number of benzene rings is 2. The quantitative estimate of drug-likeness (QED) is 0.433. The van der Waals surface area contributed by atoms with E-state index in [1.165, 1.54) is 25.7 Å². The Labute approximate surface area is 170 Å². The fourth-order valence-electron chi connectivity index (χ4n) is 2.58. The van der Waals surface area contributed by atoms with Crippen molar-refractivity contribution in [1.29, 1.82) is 0 Å². The lowest BCUT2D eigenvalue weighted by molar-refractivity contribution is -0.118. The van der Waals surface area contributed by atoms with Crippen LogP contribution in [0.15, 0.2) is 46.9 Å². The van der Waals surface area contributed by atoms with Crippen LogP contribution in [0.1, 0.15) is 44.6 Å². The first-order valence-electron chi connectivity index (χ1n) is 9.50. The number of anilines is 1. The van der Waals surface area contributed by atoms with Crippen molar-refractivity contribution in [1.82, 2.24) is 0 Å². The van der Waals surface area contributed by atoms with Gasteiger partial charge in [0, 0.05) is 10.2 Å². The van der Waals surface area contributed by atoms with Crippen molar-refractivity contribution in [2.45, 2.75) is 46.0 Å². The van der Waals surface area contributed by atoms with Crippen LogP contribution in [0, 0.1) is 6.92 Å². The number of nitrogens with one attached hydrogen (secondary N) is 1. The molecule has 0 aliphatic carbocycles. The van der Waals surface area contributed by atoms with Gasteiger partial charge in [-0.3, -0.25) is 4.79 Å². The van der Waals surface area contributed by atoms with Crippen LogP contribution in [0.4, 0.5) is 5.69 Å². The smallest absolute Gasteiger partial charge is 0.262 e. The molecule has 0 unspecified atom stereocenters. The number of hydrogen-bond acceptors (Lipinski definition) is 3. The van der Waals surface area contributed by atoms with Gasteiger partial charge < -0.3 is 14.8 Å². The standard InChI is InChI=1S/C22H28BrNO3/c1-3-4-5-6-7-14-26-19-10-8-18(9-11-19)24-22(25)16-27-20-12-13-21(23)17(2)15-20/h8-13,15H,3-7,14,16H2,1-2H3,(H,24,25). The Hall–Kier alpha value is -2.01. The number of halogens is 1. The number of carbonyl (C=O) groups is 1. The number of amides is 1. The monoisotopic (exact) mass is 433 g/mol. The molecule has 27 heavy (non-hydrogen) atoms. The summed E-state index contributed by atoms with van der Waals surface area (Å²) >= 11 is 3.44. The molecule has 0 aliphatic heterocycles. The van der Waals surface area contributed by atoms with E-state index in [0.717, 1.165) is 34.5 Å². The highest BCUT2D eigenvalue weighted by molar-refractivity contribution is 9.10. The van der Waals surface area contributed by atoms with E-state index in [9.17, 15) is 4.79 Å². The van der Waals surface area contributed by atoms with Crippen LogP contribution in [0.5, 0.6) is 11.5 Å². The number of aryl methyl sites for hydroxylation is 1. The first kappa shape index (κ1) is 21.3. The van der Waals surface area contributed by atoms with Crippen molar-refractivity contribution in [3.8, 4) is 11.5 Å². The normalized spacial score (nSPS) is 10.5. The van der Waals surface area contributed by atoms with E-state index in [-0.39, 0.29) is 12.5 Å². The summed E-state index contributed by atoms with van der Waals surface area (Å²) in [5.74, 6) is 1.30. The van der Waals surface area contributed by atoms with E-state index < -0.39 is 0 Å². The molecular weight excluding hydrogens is 406 g/mol. The van der Waals surface area contributed by atoms with E-state index in [0.29, 0.717) is 5.75 Å². The van der Waals surface area contributed by atoms with Gasteiger partial charge in [0.05, 0.1) is 6.61 Å².